The van der Waals surface area contributed by atoms with Gasteiger partial charge in [0.1, 0.15) is 28.1 Å². The molecule has 18 heavy (non-hydrogen) atoms. The summed E-state index contributed by atoms with van der Waals surface area (Å²) in [5.41, 5.74) is -0.490. The second-order valence-corrected chi connectivity index (χ2v) is 3.99. The molecule has 0 bridgehead atoms. The Morgan fingerprint density at radius 3 is 2.61 bits per heavy atom. The molecule has 0 radical (unpaired) electrons. The fraction of sp³-hybridized carbons (Fsp3) is 0.0769. The molecule has 0 unspecified atom stereocenters. The molecule has 3 aromatic rings. The van der Waals surface area contributed by atoms with Crippen molar-refractivity contribution in [2.45, 2.75) is 6.92 Å². The van der Waals surface area contributed by atoms with Crippen molar-refractivity contribution < 1.29 is 13.9 Å². The molecule has 0 fully saturated rings. The quantitative estimate of drug-likeness (QED) is 0.482. The SMILES string of the molecule is Cc1cc(=O)c2c(O)c3ccc(=O)oc3cc2o1. The number of rotatable bonds is 0. The van der Waals surface area contributed by atoms with Crippen LogP contribution in [0.5, 0.6) is 5.75 Å². The summed E-state index contributed by atoms with van der Waals surface area (Å²) in [4.78, 5) is 22.9. The molecule has 0 aliphatic heterocycles. The Hall–Kier alpha value is -2.56. The Balaban J connectivity index is 2.65. The highest BCUT2D eigenvalue weighted by molar-refractivity contribution is 6.00. The summed E-state index contributed by atoms with van der Waals surface area (Å²) >= 11 is 0. The van der Waals surface area contributed by atoms with Crippen molar-refractivity contribution in [1.82, 2.24) is 0 Å². The molecular weight excluding hydrogens is 236 g/mol. The first kappa shape index (κ1) is 10.6. The molecule has 90 valence electrons. The van der Waals surface area contributed by atoms with Crippen molar-refractivity contribution in [1.29, 1.82) is 0 Å². The van der Waals surface area contributed by atoms with Crippen LogP contribution >= 0.6 is 0 Å². The van der Waals surface area contributed by atoms with Crippen LogP contribution in [0.15, 0.2) is 42.7 Å². The van der Waals surface area contributed by atoms with Crippen molar-refractivity contribution in [2.75, 3.05) is 0 Å². The van der Waals surface area contributed by atoms with E-state index >= 15 is 0 Å². The van der Waals surface area contributed by atoms with Crippen LogP contribution in [0, 0.1) is 6.92 Å². The Kier molecular flexibility index (Phi) is 2.04. The lowest BCUT2D eigenvalue weighted by Gasteiger charge is -2.04. The number of phenolic OH excluding ortho intramolecular Hbond substituents is 1. The van der Waals surface area contributed by atoms with Crippen molar-refractivity contribution in [3.63, 3.8) is 0 Å². The summed E-state index contributed by atoms with van der Waals surface area (Å²) in [6, 6.07) is 5.33. The third kappa shape index (κ3) is 1.41. The summed E-state index contributed by atoms with van der Waals surface area (Å²) < 4.78 is 10.3. The Bertz CT molecular complexity index is 885. The number of benzene rings is 1. The zero-order chi connectivity index (χ0) is 12.9. The van der Waals surface area contributed by atoms with Gasteiger partial charge < -0.3 is 13.9 Å². The van der Waals surface area contributed by atoms with E-state index in [1.807, 2.05) is 0 Å². The van der Waals surface area contributed by atoms with Gasteiger partial charge in [0.2, 0.25) is 0 Å². The van der Waals surface area contributed by atoms with Gasteiger partial charge in [-0.1, -0.05) is 0 Å². The molecule has 5 heteroatoms. The third-order valence-electron chi connectivity index (χ3n) is 2.71. The van der Waals surface area contributed by atoms with E-state index in [2.05, 4.69) is 0 Å². The van der Waals surface area contributed by atoms with Crippen LogP contribution < -0.4 is 11.1 Å². The largest absolute Gasteiger partial charge is 0.506 e. The van der Waals surface area contributed by atoms with Crippen LogP contribution in [0.3, 0.4) is 0 Å². The fourth-order valence-electron chi connectivity index (χ4n) is 1.95. The molecule has 2 heterocycles. The standard InChI is InChI=1S/C13H8O5/c1-6-4-8(14)12-10(17-6)5-9-7(13(12)16)2-3-11(15)18-9/h2-5,16H,1H3. The van der Waals surface area contributed by atoms with Crippen LogP contribution in [-0.4, -0.2) is 5.11 Å². The smallest absolute Gasteiger partial charge is 0.336 e. The summed E-state index contributed by atoms with van der Waals surface area (Å²) in [5, 5.41) is 10.4. The van der Waals surface area contributed by atoms with Gasteiger partial charge in [0.05, 0.1) is 5.39 Å². The normalized spacial score (nSPS) is 11.2. The lowest BCUT2D eigenvalue weighted by Crippen LogP contribution is -2.02. The summed E-state index contributed by atoms with van der Waals surface area (Å²) in [7, 11) is 0. The molecule has 5 nitrogen and oxygen atoms in total. The zero-order valence-electron chi connectivity index (χ0n) is 9.39. The molecule has 1 N–H and O–H groups in total. The monoisotopic (exact) mass is 244 g/mol. The van der Waals surface area contributed by atoms with Crippen molar-refractivity contribution in [2.24, 2.45) is 0 Å². The number of hydrogen-bond acceptors (Lipinski definition) is 5. The van der Waals surface area contributed by atoms with Gasteiger partial charge in [-0.3, -0.25) is 4.79 Å². The number of hydrogen-bond donors (Lipinski definition) is 1. The minimum atomic E-state index is -0.531. The van der Waals surface area contributed by atoms with E-state index in [9.17, 15) is 14.7 Å². The lowest BCUT2D eigenvalue weighted by molar-refractivity contribution is 0.481. The zero-order valence-corrected chi connectivity index (χ0v) is 9.39. The summed E-state index contributed by atoms with van der Waals surface area (Å²) in [6.07, 6.45) is 0. The van der Waals surface area contributed by atoms with E-state index in [1.165, 1.54) is 24.3 Å². The van der Waals surface area contributed by atoms with Crippen LogP contribution in [0.2, 0.25) is 0 Å². The number of aryl methyl sites for hydroxylation is 1. The average molecular weight is 244 g/mol. The van der Waals surface area contributed by atoms with E-state index < -0.39 is 5.63 Å². The third-order valence-corrected chi connectivity index (χ3v) is 2.71. The van der Waals surface area contributed by atoms with E-state index in [0.29, 0.717) is 11.1 Å². The molecule has 0 saturated carbocycles. The van der Waals surface area contributed by atoms with Gasteiger partial charge in [0.25, 0.3) is 0 Å². The van der Waals surface area contributed by atoms with Gasteiger partial charge in [0, 0.05) is 18.2 Å². The highest BCUT2D eigenvalue weighted by Gasteiger charge is 2.13. The van der Waals surface area contributed by atoms with E-state index in [0.717, 1.165) is 0 Å². The van der Waals surface area contributed by atoms with Crippen LogP contribution in [0.25, 0.3) is 21.9 Å². The molecular formula is C13H8O5. The fourth-order valence-corrected chi connectivity index (χ4v) is 1.95. The molecule has 3 rings (SSSR count). The highest BCUT2D eigenvalue weighted by atomic mass is 16.4. The predicted molar refractivity (Wildman–Crippen MR) is 64.9 cm³/mol. The second-order valence-electron chi connectivity index (χ2n) is 3.99. The molecule has 0 atom stereocenters. The lowest BCUT2D eigenvalue weighted by atomic mass is 10.1. The van der Waals surface area contributed by atoms with Gasteiger partial charge in [-0.15, -0.1) is 0 Å². The van der Waals surface area contributed by atoms with Gasteiger partial charge in [0.15, 0.2) is 5.43 Å². The molecule has 1 aromatic carbocycles. The van der Waals surface area contributed by atoms with Gasteiger partial charge in [-0.25, -0.2) is 4.79 Å². The van der Waals surface area contributed by atoms with E-state index in [-0.39, 0.29) is 27.7 Å². The van der Waals surface area contributed by atoms with E-state index in [1.54, 1.807) is 6.92 Å². The van der Waals surface area contributed by atoms with Crippen LogP contribution in [0.4, 0.5) is 0 Å². The minimum Gasteiger partial charge on any atom is -0.506 e. The van der Waals surface area contributed by atoms with Gasteiger partial charge in [-0.2, -0.15) is 0 Å². The van der Waals surface area contributed by atoms with Crippen LogP contribution in [0.1, 0.15) is 5.76 Å². The minimum absolute atomic E-state index is 0.0851. The van der Waals surface area contributed by atoms with Crippen molar-refractivity contribution in [3.8, 4) is 5.75 Å². The first-order chi connectivity index (χ1) is 8.56. The second kappa shape index (κ2) is 3.46. The maximum absolute atomic E-state index is 11.8. The molecule has 2 aromatic heterocycles. The number of aromatic hydroxyl groups is 1. The van der Waals surface area contributed by atoms with Gasteiger partial charge >= 0.3 is 5.63 Å². The van der Waals surface area contributed by atoms with Crippen molar-refractivity contribution in [3.05, 3.63) is 50.7 Å². The Labute approximate surface area is 99.9 Å². The number of phenols is 1. The van der Waals surface area contributed by atoms with Gasteiger partial charge in [-0.05, 0) is 13.0 Å². The molecule has 0 amide bonds. The molecule has 0 aliphatic rings. The van der Waals surface area contributed by atoms with E-state index in [4.69, 9.17) is 8.83 Å². The number of fused-ring (bicyclic) bond motifs is 2. The molecule has 0 spiro atoms. The first-order valence-corrected chi connectivity index (χ1v) is 5.26. The average Bonchev–Trinajstić information content (AvgIpc) is 2.27. The molecule has 0 saturated heterocycles. The molecule has 0 aliphatic carbocycles. The summed E-state index contributed by atoms with van der Waals surface area (Å²) in [6.45, 7) is 1.63. The topological polar surface area (TPSA) is 80.6 Å². The highest BCUT2D eigenvalue weighted by Crippen LogP contribution is 2.31. The maximum atomic E-state index is 11.8. The maximum Gasteiger partial charge on any atom is 0.336 e. The first-order valence-electron chi connectivity index (χ1n) is 5.26. The Morgan fingerprint density at radius 2 is 1.83 bits per heavy atom. The van der Waals surface area contributed by atoms with Crippen molar-refractivity contribution >= 4 is 21.9 Å². The van der Waals surface area contributed by atoms with Crippen LogP contribution in [-0.2, 0) is 0 Å². The summed E-state index contributed by atoms with van der Waals surface area (Å²) in [5.74, 6) is 0.185. The Morgan fingerprint density at radius 1 is 1.06 bits per heavy atom. The predicted octanol–water partition coefficient (Wildman–Crippen LogP) is 1.91.